The van der Waals surface area contributed by atoms with Gasteiger partial charge in [-0.2, -0.15) is 0 Å². The van der Waals surface area contributed by atoms with Gasteiger partial charge in [0, 0.05) is 25.0 Å². The number of nitrogens with zero attached hydrogens (tertiary/aromatic N) is 3. The van der Waals surface area contributed by atoms with Crippen LogP contribution in [0.15, 0.2) is 73.2 Å². The van der Waals surface area contributed by atoms with Crippen molar-refractivity contribution < 1.29 is 0 Å². The number of aromatic nitrogens is 3. The van der Waals surface area contributed by atoms with Gasteiger partial charge in [-0.3, -0.25) is 0 Å². The van der Waals surface area contributed by atoms with Crippen LogP contribution in [-0.4, -0.2) is 21.1 Å². The molecule has 5 heteroatoms. The molecule has 0 bridgehead atoms. The predicted octanol–water partition coefficient (Wildman–Crippen LogP) is 3.72. The van der Waals surface area contributed by atoms with E-state index >= 15 is 0 Å². The average molecular weight is 343 g/mol. The molecule has 130 valence electrons. The third kappa shape index (κ3) is 3.52. The van der Waals surface area contributed by atoms with E-state index in [0.717, 1.165) is 42.0 Å². The van der Waals surface area contributed by atoms with Gasteiger partial charge in [0.15, 0.2) is 0 Å². The zero-order chi connectivity index (χ0) is 17.8. The van der Waals surface area contributed by atoms with Crippen molar-refractivity contribution in [1.82, 2.24) is 14.5 Å². The lowest BCUT2D eigenvalue weighted by Gasteiger charge is -2.08. The number of rotatable bonds is 6. The number of nitrogens with two attached hydrogens (primary N) is 1. The Labute approximate surface area is 152 Å². The normalized spacial score (nSPS) is 10.9. The molecule has 0 unspecified atom stereocenters. The topological polar surface area (TPSA) is 68.8 Å². The lowest BCUT2D eigenvalue weighted by molar-refractivity contribution is 0.823. The van der Waals surface area contributed by atoms with Crippen molar-refractivity contribution in [2.24, 2.45) is 0 Å². The lowest BCUT2D eigenvalue weighted by Crippen LogP contribution is -2.07. The summed E-state index contributed by atoms with van der Waals surface area (Å²) in [4.78, 5) is 8.89. The van der Waals surface area contributed by atoms with Crippen LogP contribution in [0, 0.1) is 0 Å². The summed E-state index contributed by atoms with van der Waals surface area (Å²) >= 11 is 0. The van der Waals surface area contributed by atoms with Crippen molar-refractivity contribution in [2.75, 3.05) is 17.6 Å². The summed E-state index contributed by atoms with van der Waals surface area (Å²) in [5.74, 6) is 0.872. The molecule has 0 atom stereocenters. The summed E-state index contributed by atoms with van der Waals surface area (Å²) in [5.41, 5.74) is 9.97. The van der Waals surface area contributed by atoms with Gasteiger partial charge in [-0.15, -0.1) is 0 Å². The minimum Gasteiger partial charge on any atom is -0.399 e. The van der Waals surface area contributed by atoms with Crippen molar-refractivity contribution >= 4 is 22.5 Å². The number of nitrogens with one attached hydrogen (secondary N) is 1. The molecule has 0 aliphatic rings. The number of anilines is 2. The van der Waals surface area contributed by atoms with E-state index in [1.807, 2.05) is 18.2 Å². The van der Waals surface area contributed by atoms with E-state index in [4.69, 9.17) is 5.73 Å². The van der Waals surface area contributed by atoms with Crippen molar-refractivity contribution in [2.45, 2.75) is 13.0 Å². The zero-order valence-electron chi connectivity index (χ0n) is 14.5. The molecule has 2 heterocycles. The predicted molar refractivity (Wildman–Crippen MR) is 106 cm³/mol. The summed E-state index contributed by atoms with van der Waals surface area (Å²) in [6.45, 7) is 1.60. The van der Waals surface area contributed by atoms with Crippen LogP contribution in [-0.2, 0) is 13.0 Å². The maximum Gasteiger partial charge on any atom is 0.145 e. The molecule has 2 aromatic heterocycles. The number of fused-ring (bicyclic) bond motifs is 1. The summed E-state index contributed by atoms with van der Waals surface area (Å²) in [6.07, 6.45) is 4.60. The molecule has 0 aliphatic heterocycles. The molecule has 4 rings (SSSR count). The first-order chi connectivity index (χ1) is 12.8. The van der Waals surface area contributed by atoms with Gasteiger partial charge in [-0.1, -0.05) is 42.5 Å². The van der Waals surface area contributed by atoms with Gasteiger partial charge in [-0.25, -0.2) is 9.97 Å². The Morgan fingerprint density at radius 3 is 2.50 bits per heavy atom. The number of benzene rings is 2. The van der Waals surface area contributed by atoms with Crippen LogP contribution in [0.4, 0.5) is 11.5 Å². The Morgan fingerprint density at radius 1 is 0.885 bits per heavy atom. The highest BCUT2D eigenvalue weighted by Gasteiger charge is 2.08. The second-order valence-corrected chi connectivity index (χ2v) is 6.31. The van der Waals surface area contributed by atoms with Gasteiger partial charge in [0.05, 0.1) is 5.39 Å². The SMILES string of the molecule is Nc1ccc(CCNc2ncnc3c2ccn3Cc2ccccc2)cc1. The highest BCUT2D eigenvalue weighted by atomic mass is 15.1. The summed E-state index contributed by atoms with van der Waals surface area (Å²) in [6, 6.07) is 20.4. The van der Waals surface area contributed by atoms with E-state index in [1.54, 1.807) is 6.33 Å². The van der Waals surface area contributed by atoms with Crippen LogP contribution in [0.2, 0.25) is 0 Å². The Morgan fingerprint density at radius 2 is 1.69 bits per heavy atom. The summed E-state index contributed by atoms with van der Waals surface area (Å²) in [5, 5.41) is 4.47. The van der Waals surface area contributed by atoms with E-state index in [-0.39, 0.29) is 0 Å². The van der Waals surface area contributed by atoms with Crippen LogP contribution >= 0.6 is 0 Å². The quantitative estimate of drug-likeness (QED) is 0.524. The van der Waals surface area contributed by atoms with Crippen molar-refractivity contribution in [3.63, 3.8) is 0 Å². The van der Waals surface area contributed by atoms with E-state index < -0.39 is 0 Å². The Bertz CT molecular complexity index is 990. The fourth-order valence-corrected chi connectivity index (χ4v) is 3.06. The molecule has 0 amide bonds. The van der Waals surface area contributed by atoms with E-state index in [2.05, 4.69) is 68.5 Å². The van der Waals surface area contributed by atoms with Crippen molar-refractivity contribution in [3.8, 4) is 0 Å². The van der Waals surface area contributed by atoms with E-state index in [9.17, 15) is 0 Å². The highest BCUT2D eigenvalue weighted by molar-refractivity contribution is 5.87. The smallest absolute Gasteiger partial charge is 0.145 e. The van der Waals surface area contributed by atoms with Gasteiger partial charge in [0.1, 0.15) is 17.8 Å². The molecular formula is C21H21N5. The first-order valence-electron chi connectivity index (χ1n) is 8.72. The van der Waals surface area contributed by atoms with Gasteiger partial charge >= 0.3 is 0 Å². The van der Waals surface area contributed by atoms with Crippen LogP contribution in [0.3, 0.4) is 0 Å². The zero-order valence-corrected chi connectivity index (χ0v) is 14.5. The number of nitrogen functional groups attached to an aromatic ring is 1. The number of hydrogen-bond donors (Lipinski definition) is 2. The Balaban J connectivity index is 1.48. The standard InChI is InChI=1S/C21H21N5/c22-18-8-6-16(7-9-18)10-12-23-20-19-11-13-26(21(19)25-15-24-20)14-17-4-2-1-3-5-17/h1-9,11,13,15H,10,12,14,22H2,(H,23,24,25). The molecule has 26 heavy (non-hydrogen) atoms. The Hall–Kier alpha value is -3.34. The van der Waals surface area contributed by atoms with Gasteiger partial charge in [0.2, 0.25) is 0 Å². The lowest BCUT2D eigenvalue weighted by atomic mass is 10.1. The molecule has 0 aliphatic carbocycles. The van der Waals surface area contributed by atoms with Crippen LogP contribution < -0.4 is 11.1 Å². The molecule has 0 fully saturated rings. The molecule has 2 aromatic carbocycles. The molecule has 5 nitrogen and oxygen atoms in total. The summed E-state index contributed by atoms with van der Waals surface area (Å²) < 4.78 is 2.15. The summed E-state index contributed by atoms with van der Waals surface area (Å²) in [7, 11) is 0. The largest absolute Gasteiger partial charge is 0.399 e. The number of hydrogen-bond acceptors (Lipinski definition) is 4. The minimum atomic E-state index is 0.791. The molecule has 0 saturated carbocycles. The van der Waals surface area contributed by atoms with Crippen molar-refractivity contribution in [3.05, 3.63) is 84.3 Å². The fourth-order valence-electron chi connectivity index (χ4n) is 3.06. The second kappa shape index (κ2) is 7.27. The van der Waals surface area contributed by atoms with Crippen LogP contribution in [0.1, 0.15) is 11.1 Å². The van der Waals surface area contributed by atoms with Gasteiger partial charge < -0.3 is 15.6 Å². The molecule has 3 N–H and O–H groups in total. The van der Waals surface area contributed by atoms with Crippen LogP contribution in [0.5, 0.6) is 0 Å². The first-order valence-corrected chi connectivity index (χ1v) is 8.72. The second-order valence-electron chi connectivity index (χ2n) is 6.31. The van der Waals surface area contributed by atoms with Crippen LogP contribution in [0.25, 0.3) is 11.0 Å². The molecule has 0 saturated heterocycles. The third-order valence-corrected chi connectivity index (χ3v) is 4.44. The molecular weight excluding hydrogens is 322 g/mol. The molecule has 0 radical (unpaired) electrons. The molecule has 0 spiro atoms. The van der Waals surface area contributed by atoms with Crippen molar-refractivity contribution in [1.29, 1.82) is 0 Å². The van der Waals surface area contributed by atoms with Gasteiger partial charge in [0.25, 0.3) is 0 Å². The first kappa shape index (κ1) is 16.1. The van der Waals surface area contributed by atoms with E-state index in [1.165, 1.54) is 11.1 Å². The maximum atomic E-state index is 5.73. The Kier molecular flexibility index (Phi) is 4.51. The average Bonchev–Trinajstić information content (AvgIpc) is 3.08. The van der Waals surface area contributed by atoms with E-state index in [0.29, 0.717) is 0 Å². The third-order valence-electron chi connectivity index (χ3n) is 4.44. The van der Waals surface area contributed by atoms with Gasteiger partial charge in [-0.05, 0) is 35.7 Å². The maximum absolute atomic E-state index is 5.73. The fraction of sp³-hybridized carbons (Fsp3) is 0.143. The monoisotopic (exact) mass is 343 g/mol. The minimum absolute atomic E-state index is 0.791. The highest BCUT2D eigenvalue weighted by Crippen LogP contribution is 2.21. The molecule has 4 aromatic rings.